The van der Waals surface area contributed by atoms with Crippen LogP contribution in [-0.2, 0) is 0 Å². The number of piperidine rings is 1. The number of hydrogen-bond donors (Lipinski definition) is 1. The van der Waals surface area contributed by atoms with E-state index < -0.39 is 0 Å². The number of nitrogens with zero attached hydrogens (tertiary/aromatic N) is 6. The van der Waals surface area contributed by atoms with E-state index in [-0.39, 0.29) is 0 Å². The van der Waals surface area contributed by atoms with Crippen LogP contribution in [0.15, 0.2) is 74.9 Å². The number of rotatable bonds is 9. The molecule has 0 unspecified atom stereocenters. The van der Waals surface area contributed by atoms with Gasteiger partial charge in [-0.2, -0.15) is 0 Å². The molecular formula is C28H35N7OS2. The third-order valence-electron chi connectivity index (χ3n) is 6.19. The van der Waals surface area contributed by atoms with Gasteiger partial charge in [0.2, 0.25) is 0 Å². The van der Waals surface area contributed by atoms with Crippen molar-refractivity contribution >= 4 is 41.2 Å². The number of ether oxygens (including phenoxy) is 1. The van der Waals surface area contributed by atoms with E-state index in [1.165, 1.54) is 11.8 Å². The van der Waals surface area contributed by atoms with Crippen LogP contribution in [0.2, 0.25) is 0 Å². The van der Waals surface area contributed by atoms with Crippen LogP contribution >= 0.6 is 23.7 Å². The minimum atomic E-state index is 0.393. The van der Waals surface area contributed by atoms with Crippen LogP contribution in [0, 0.1) is 12.8 Å². The fraction of sp³-hybridized carbons (Fsp3) is 0.393. The molecule has 4 heterocycles. The first-order valence-electron chi connectivity index (χ1n) is 12.9. The fourth-order valence-electron chi connectivity index (χ4n) is 4.17. The molecular weight excluding hydrogens is 514 g/mol. The van der Waals surface area contributed by atoms with Gasteiger partial charge in [0.15, 0.2) is 11.6 Å². The van der Waals surface area contributed by atoms with Crippen LogP contribution in [0.1, 0.15) is 38.3 Å². The molecule has 10 heteroatoms. The maximum absolute atomic E-state index is 6.34. The van der Waals surface area contributed by atoms with Crippen LogP contribution in [-0.4, -0.2) is 57.3 Å². The van der Waals surface area contributed by atoms with Gasteiger partial charge in [0.05, 0.1) is 5.69 Å². The van der Waals surface area contributed by atoms with Crippen LogP contribution in [0.25, 0.3) is 0 Å². The normalized spacial score (nSPS) is 15.5. The lowest BCUT2D eigenvalue weighted by molar-refractivity contribution is 0.340. The summed E-state index contributed by atoms with van der Waals surface area (Å²) >= 11 is 3.34. The average Bonchev–Trinajstić information content (AvgIpc) is 2.95. The van der Waals surface area contributed by atoms with Gasteiger partial charge < -0.3 is 10.1 Å². The molecule has 1 aliphatic rings. The van der Waals surface area contributed by atoms with Gasteiger partial charge in [0, 0.05) is 62.0 Å². The summed E-state index contributed by atoms with van der Waals surface area (Å²) in [4.78, 5) is 24.0. The minimum Gasteiger partial charge on any atom is -0.451 e. The Bertz CT molecular complexity index is 1240. The van der Waals surface area contributed by atoms with E-state index in [0.717, 1.165) is 66.1 Å². The summed E-state index contributed by atoms with van der Waals surface area (Å²) in [6.45, 7) is 6.19. The Morgan fingerprint density at radius 1 is 1.11 bits per heavy atom. The summed E-state index contributed by atoms with van der Waals surface area (Å²) < 4.78 is 8.74. The largest absolute Gasteiger partial charge is 0.451 e. The number of aromatic nitrogens is 3. The molecule has 0 radical (unpaired) electrons. The van der Waals surface area contributed by atoms with Crippen molar-refractivity contribution in [1.82, 2.24) is 24.6 Å². The molecule has 3 aromatic rings. The maximum atomic E-state index is 6.34. The third-order valence-corrected chi connectivity index (χ3v) is 7.98. The van der Waals surface area contributed by atoms with E-state index in [1.807, 2.05) is 68.5 Å². The second-order valence-electron chi connectivity index (χ2n) is 8.88. The molecule has 1 aliphatic heterocycles. The van der Waals surface area contributed by atoms with Crippen molar-refractivity contribution in [3.05, 3.63) is 60.7 Å². The molecule has 1 fully saturated rings. The number of amidine groups is 2. The van der Waals surface area contributed by atoms with Gasteiger partial charge in [0.25, 0.3) is 0 Å². The van der Waals surface area contributed by atoms with Crippen molar-refractivity contribution < 1.29 is 4.74 Å². The van der Waals surface area contributed by atoms with Gasteiger partial charge in [-0.1, -0.05) is 36.7 Å². The summed E-state index contributed by atoms with van der Waals surface area (Å²) in [5.41, 5.74) is 0.800. The third kappa shape index (κ3) is 7.78. The number of nitrogens with one attached hydrogen (secondary N) is 1. The second kappa shape index (κ2) is 14.3. The van der Waals surface area contributed by atoms with E-state index >= 15 is 0 Å². The Morgan fingerprint density at radius 2 is 1.92 bits per heavy atom. The van der Waals surface area contributed by atoms with Gasteiger partial charge in [-0.05, 0) is 56.7 Å². The van der Waals surface area contributed by atoms with Crippen molar-refractivity contribution in [3.63, 3.8) is 0 Å². The van der Waals surface area contributed by atoms with Crippen molar-refractivity contribution in [2.75, 3.05) is 26.4 Å². The number of pyridine rings is 3. The molecule has 1 N–H and O–H groups in total. The molecule has 38 heavy (non-hydrogen) atoms. The van der Waals surface area contributed by atoms with E-state index in [0.29, 0.717) is 23.2 Å². The van der Waals surface area contributed by atoms with Crippen LogP contribution in [0.3, 0.4) is 0 Å². The van der Waals surface area contributed by atoms with Crippen LogP contribution in [0.4, 0.5) is 5.82 Å². The Labute approximate surface area is 234 Å². The predicted molar refractivity (Wildman–Crippen MR) is 158 cm³/mol. The summed E-state index contributed by atoms with van der Waals surface area (Å²) in [5.74, 6) is 3.98. The van der Waals surface area contributed by atoms with Gasteiger partial charge in [-0.25, -0.2) is 15.0 Å². The predicted octanol–water partition coefficient (Wildman–Crippen LogP) is 6.56. The zero-order valence-corrected chi connectivity index (χ0v) is 24.1. The van der Waals surface area contributed by atoms with E-state index in [4.69, 9.17) is 14.7 Å². The number of aliphatic imine (C=N–C) groups is 2. The highest BCUT2D eigenvalue weighted by Crippen LogP contribution is 2.36. The number of hydrogen-bond acceptors (Lipinski definition) is 9. The van der Waals surface area contributed by atoms with E-state index in [1.54, 1.807) is 12.4 Å². The molecule has 0 saturated carbocycles. The van der Waals surface area contributed by atoms with Crippen molar-refractivity contribution in [2.45, 2.75) is 49.5 Å². The molecule has 0 spiro atoms. The van der Waals surface area contributed by atoms with Gasteiger partial charge >= 0.3 is 0 Å². The first kappa shape index (κ1) is 28.1. The minimum absolute atomic E-state index is 0.393. The molecule has 8 nitrogen and oxygen atoms in total. The fourth-order valence-corrected chi connectivity index (χ4v) is 5.52. The lowest BCUT2D eigenvalue weighted by Crippen LogP contribution is -2.40. The first-order valence-corrected chi connectivity index (χ1v) is 14.9. The van der Waals surface area contributed by atoms with E-state index in [2.05, 4.69) is 37.8 Å². The highest BCUT2D eigenvalue weighted by atomic mass is 32.2. The highest BCUT2D eigenvalue weighted by molar-refractivity contribution is 7.99. The molecule has 3 aromatic heterocycles. The molecule has 0 amide bonds. The monoisotopic (exact) mass is 549 g/mol. The highest BCUT2D eigenvalue weighted by Gasteiger charge is 2.24. The molecule has 0 aromatic carbocycles. The first-order chi connectivity index (χ1) is 18.6. The Hall–Kier alpha value is -2.95. The van der Waals surface area contributed by atoms with Crippen LogP contribution < -0.4 is 10.1 Å². The molecule has 1 saturated heterocycles. The summed E-state index contributed by atoms with van der Waals surface area (Å²) in [6, 6.07) is 11.6. The van der Waals surface area contributed by atoms with Crippen molar-refractivity contribution in [3.8, 4) is 11.5 Å². The lowest BCUT2D eigenvalue weighted by atomic mass is 9.96. The Kier molecular flexibility index (Phi) is 10.5. The SMILES string of the molecule is CCC/C(=N\c1ncc(Sc2ccccn2)cc1Oc1cccnc1C)NC(=NC)C1CCN(SC)CC1. The second-order valence-corrected chi connectivity index (χ2v) is 10.9. The average molecular weight is 550 g/mol. The van der Waals surface area contributed by atoms with Gasteiger partial charge in [0.1, 0.15) is 22.4 Å². The van der Waals surface area contributed by atoms with Crippen LogP contribution in [0.5, 0.6) is 11.5 Å². The molecule has 4 rings (SSSR count). The van der Waals surface area contributed by atoms with Gasteiger partial charge in [-0.3, -0.25) is 14.3 Å². The van der Waals surface area contributed by atoms with Gasteiger partial charge in [-0.15, -0.1) is 0 Å². The smallest absolute Gasteiger partial charge is 0.197 e. The molecule has 0 bridgehead atoms. The molecule has 0 aliphatic carbocycles. The zero-order valence-electron chi connectivity index (χ0n) is 22.4. The Balaban J connectivity index is 1.63. The molecule has 0 atom stereocenters. The Morgan fingerprint density at radius 3 is 2.61 bits per heavy atom. The standard InChI is InChI=1S/C28H35N7OS2/c1-5-9-25(33-27(29-3)21-12-16-35(37-4)17-13-21)34-28-24(36-23-10-8-15-30-20(23)2)18-22(19-32-28)38-26-11-6-7-14-31-26/h6-8,10-11,14-15,18-19,21H,5,9,12-13,16-17H2,1-4H3,(H,29,32,33,34). The van der Waals surface area contributed by atoms with Crippen molar-refractivity contribution in [2.24, 2.45) is 15.9 Å². The summed E-state index contributed by atoms with van der Waals surface area (Å²) in [5, 5.41) is 4.45. The topological polar surface area (TPSA) is 87.9 Å². The molecule has 200 valence electrons. The maximum Gasteiger partial charge on any atom is 0.197 e. The van der Waals surface area contributed by atoms with Crippen molar-refractivity contribution in [1.29, 1.82) is 0 Å². The summed E-state index contributed by atoms with van der Waals surface area (Å²) in [7, 11) is 1.86. The number of aryl methyl sites for hydroxylation is 1. The lowest BCUT2D eigenvalue weighted by Gasteiger charge is -2.31. The van der Waals surface area contributed by atoms with E-state index in [9.17, 15) is 0 Å². The quantitative estimate of drug-likeness (QED) is 0.182. The zero-order chi connectivity index (χ0) is 26.7. The summed E-state index contributed by atoms with van der Waals surface area (Å²) in [6.07, 6.45) is 11.4.